The quantitative estimate of drug-likeness (QED) is 0.906. The number of nitrogens with one attached hydrogen (secondary N) is 1. The molecule has 0 aliphatic carbocycles. The number of rotatable bonds is 3. The van der Waals surface area contributed by atoms with Crippen LogP contribution in [0.3, 0.4) is 0 Å². The lowest BCUT2D eigenvalue weighted by Gasteiger charge is -2.37. The number of amides is 1. The first-order valence-electron chi connectivity index (χ1n) is 6.96. The molecule has 5 nitrogen and oxygen atoms in total. The first-order valence-corrected chi connectivity index (χ1v) is 7.75. The minimum atomic E-state index is -0.646. The highest BCUT2D eigenvalue weighted by Gasteiger charge is 2.36. The molecule has 1 aromatic carbocycles. The van der Waals surface area contributed by atoms with Crippen molar-refractivity contribution in [1.82, 2.24) is 4.90 Å². The Labute approximate surface area is 133 Å². The number of hydrogen-bond acceptors (Lipinski definition) is 4. The van der Waals surface area contributed by atoms with Gasteiger partial charge in [-0.25, -0.2) is 4.79 Å². The zero-order chi connectivity index (χ0) is 15.3. The van der Waals surface area contributed by atoms with Crippen LogP contribution in [0.2, 0.25) is 0 Å². The Morgan fingerprint density at radius 1 is 1.48 bits per heavy atom. The topological polar surface area (TPSA) is 65.4 Å². The highest BCUT2D eigenvalue weighted by Crippen LogP contribution is 2.30. The van der Waals surface area contributed by atoms with Crippen molar-refractivity contribution in [3.8, 4) is 6.07 Å². The van der Waals surface area contributed by atoms with Gasteiger partial charge in [0.15, 0.2) is 0 Å². The Morgan fingerprint density at radius 2 is 2.14 bits per heavy atom. The van der Waals surface area contributed by atoms with Gasteiger partial charge in [-0.05, 0) is 35.0 Å². The number of ether oxygens (including phenoxy) is 1. The van der Waals surface area contributed by atoms with Crippen molar-refractivity contribution >= 4 is 27.7 Å². The van der Waals surface area contributed by atoms with Crippen LogP contribution in [0.4, 0.5) is 10.5 Å². The number of carbonyl (C=O) groups excluding carboxylic acids is 1. The monoisotopic (exact) mass is 351 g/mol. The summed E-state index contributed by atoms with van der Waals surface area (Å²) in [7, 11) is 0. The SMILES string of the molecule is CCOC(=O)N1CCC(C#N)(Nc2ccccc2Br)CC1. The van der Waals surface area contributed by atoms with Gasteiger partial charge in [0, 0.05) is 36.1 Å². The summed E-state index contributed by atoms with van der Waals surface area (Å²) in [5.74, 6) is 0. The molecule has 1 aliphatic heterocycles. The number of piperidine rings is 1. The number of halogens is 1. The zero-order valence-corrected chi connectivity index (χ0v) is 13.5. The fourth-order valence-electron chi connectivity index (χ4n) is 2.37. The molecule has 0 unspecified atom stereocenters. The molecule has 0 atom stereocenters. The second kappa shape index (κ2) is 6.81. The predicted octanol–water partition coefficient (Wildman–Crippen LogP) is 3.38. The molecule has 0 aromatic heterocycles. The summed E-state index contributed by atoms with van der Waals surface area (Å²) in [5.41, 5.74) is 0.246. The second-order valence-corrected chi connectivity index (χ2v) is 5.84. The van der Waals surface area contributed by atoms with Gasteiger partial charge in [-0.1, -0.05) is 12.1 Å². The molecular formula is C15H18BrN3O2. The number of hydrogen-bond donors (Lipinski definition) is 1. The summed E-state index contributed by atoms with van der Waals surface area (Å²) in [6.45, 7) is 3.19. The van der Waals surface area contributed by atoms with Gasteiger partial charge in [0.1, 0.15) is 5.54 Å². The molecule has 1 aliphatic rings. The van der Waals surface area contributed by atoms with Crippen molar-refractivity contribution in [2.45, 2.75) is 25.3 Å². The van der Waals surface area contributed by atoms with Crippen LogP contribution in [0.5, 0.6) is 0 Å². The van der Waals surface area contributed by atoms with Gasteiger partial charge in [0.25, 0.3) is 0 Å². The molecule has 0 radical (unpaired) electrons. The van der Waals surface area contributed by atoms with E-state index in [9.17, 15) is 10.1 Å². The number of nitrogens with zero attached hydrogens (tertiary/aromatic N) is 2. The van der Waals surface area contributed by atoms with Crippen LogP contribution in [0.1, 0.15) is 19.8 Å². The second-order valence-electron chi connectivity index (χ2n) is 4.98. The summed E-state index contributed by atoms with van der Waals surface area (Å²) in [5, 5.41) is 12.9. The zero-order valence-electron chi connectivity index (χ0n) is 11.9. The van der Waals surface area contributed by atoms with Crippen LogP contribution in [0.15, 0.2) is 28.7 Å². The summed E-state index contributed by atoms with van der Waals surface area (Å²) in [6, 6.07) is 10.1. The van der Waals surface area contributed by atoms with Crippen molar-refractivity contribution in [2.24, 2.45) is 0 Å². The third kappa shape index (κ3) is 3.67. The number of nitriles is 1. The lowest BCUT2D eigenvalue weighted by molar-refractivity contribution is 0.0944. The Morgan fingerprint density at radius 3 is 2.71 bits per heavy atom. The maximum atomic E-state index is 11.7. The van der Waals surface area contributed by atoms with E-state index in [1.807, 2.05) is 24.3 Å². The van der Waals surface area contributed by atoms with Gasteiger partial charge in [-0.2, -0.15) is 5.26 Å². The standard InChI is InChI=1S/C15H18BrN3O2/c1-2-21-14(20)19-9-7-15(11-17,8-10-19)18-13-6-4-3-5-12(13)16/h3-6,18H,2,7-10H2,1H3. The van der Waals surface area contributed by atoms with Crippen molar-refractivity contribution in [3.63, 3.8) is 0 Å². The fourth-order valence-corrected chi connectivity index (χ4v) is 2.75. The van der Waals surface area contributed by atoms with E-state index in [1.54, 1.807) is 11.8 Å². The van der Waals surface area contributed by atoms with E-state index in [0.717, 1.165) is 10.2 Å². The predicted molar refractivity (Wildman–Crippen MR) is 83.9 cm³/mol. The van der Waals surface area contributed by atoms with Crippen LogP contribution in [-0.2, 0) is 4.74 Å². The van der Waals surface area contributed by atoms with E-state index in [1.165, 1.54) is 0 Å². The Hall–Kier alpha value is -1.74. The molecule has 0 bridgehead atoms. The molecule has 1 amide bonds. The third-order valence-corrected chi connectivity index (χ3v) is 4.30. The molecule has 1 fully saturated rings. The van der Waals surface area contributed by atoms with Gasteiger partial charge in [0.2, 0.25) is 0 Å². The van der Waals surface area contributed by atoms with Gasteiger partial charge >= 0.3 is 6.09 Å². The molecule has 1 heterocycles. The first kappa shape index (κ1) is 15.6. The number of para-hydroxylation sites is 1. The summed E-state index contributed by atoms with van der Waals surface area (Å²) in [6.07, 6.45) is 0.845. The number of benzene rings is 1. The molecule has 112 valence electrons. The van der Waals surface area contributed by atoms with Gasteiger partial charge in [-0.15, -0.1) is 0 Å². The average Bonchev–Trinajstić information content (AvgIpc) is 2.50. The molecule has 2 rings (SSSR count). The molecule has 21 heavy (non-hydrogen) atoms. The highest BCUT2D eigenvalue weighted by atomic mass is 79.9. The average molecular weight is 352 g/mol. The maximum absolute atomic E-state index is 11.7. The van der Waals surface area contributed by atoms with Gasteiger partial charge < -0.3 is 15.0 Å². The van der Waals surface area contributed by atoms with Crippen LogP contribution in [0, 0.1) is 11.3 Å². The third-order valence-electron chi connectivity index (χ3n) is 3.60. The minimum absolute atomic E-state index is 0.301. The lowest BCUT2D eigenvalue weighted by atomic mass is 9.89. The molecule has 1 N–H and O–H groups in total. The fraction of sp³-hybridized carbons (Fsp3) is 0.467. The summed E-state index contributed by atoms with van der Waals surface area (Å²) in [4.78, 5) is 13.4. The molecule has 1 aromatic rings. The van der Waals surface area contributed by atoms with Crippen LogP contribution in [0.25, 0.3) is 0 Å². The lowest BCUT2D eigenvalue weighted by Crippen LogP contribution is -2.50. The summed E-state index contributed by atoms with van der Waals surface area (Å²) >= 11 is 3.48. The van der Waals surface area contributed by atoms with Crippen LogP contribution >= 0.6 is 15.9 Å². The number of anilines is 1. The van der Waals surface area contributed by atoms with E-state index >= 15 is 0 Å². The normalized spacial score (nSPS) is 16.9. The van der Waals surface area contributed by atoms with Crippen molar-refractivity contribution in [2.75, 3.05) is 25.0 Å². The molecule has 0 spiro atoms. The minimum Gasteiger partial charge on any atom is -0.450 e. The van der Waals surface area contributed by atoms with E-state index in [-0.39, 0.29) is 6.09 Å². The molecule has 1 saturated heterocycles. The summed E-state index contributed by atoms with van der Waals surface area (Å²) < 4.78 is 5.92. The van der Waals surface area contributed by atoms with Crippen LogP contribution < -0.4 is 5.32 Å². The van der Waals surface area contributed by atoms with Crippen LogP contribution in [-0.4, -0.2) is 36.2 Å². The van der Waals surface area contributed by atoms with Crippen molar-refractivity contribution in [3.05, 3.63) is 28.7 Å². The van der Waals surface area contributed by atoms with Gasteiger partial charge in [0.05, 0.1) is 12.7 Å². The maximum Gasteiger partial charge on any atom is 0.409 e. The Bertz CT molecular complexity index is 548. The first-order chi connectivity index (χ1) is 10.1. The van der Waals surface area contributed by atoms with Crippen molar-refractivity contribution in [1.29, 1.82) is 5.26 Å². The number of likely N-dealkylation sites (tertiary alicyclic amines) is 1. The van der Waals surface area contributed by atoms with E-state index < -0.39 is 5.54 Å². The smallest absolute Gasteiger partial charge is 0.409 e. The van der Waals surface area contributed by atoms with Crippen molar-refractivity contribution < 1.29 is 9.53 Å². The van der Waals surface area contributed by atoms with E-state index in [0.29, 0.717) is 32.5 Å². The highest BCUT2D eigenvalue weighted by molar-refractivity contribution is 9.10. The molecule has 0 saturated carbocycles. The molecule has 6 heteroatoms. The Kier molecular flexibility index (Phi) is 5.07. The van der Waals surface area contributed by atoms with E-state index in [2.05, 4.69) is 27.3 Å². The Balaban J connectivity index is 2.04. The molecular weight excluding hydrogens is 334 g/mol. The van der Waals surface area contributed by atoms with E-state index in [4.69, 9.17) is 4.74 Å². The largest absolute Gasteiger partial charge is 0.450 e. The van der Waals surface area contributed by atoms with Gasteiger partial charge in [-0.3, -0.25) is 0 Å². The number of carbonyl (C=O) groups is 1.